The van der Waals surface area contributed by atoms with Gasteiger partial charge in [-0.2, -0.15) is 0 Å². The Kier molecular flexibility index (Phi) is 4.25. The molecule has 0 saturated carbocycles. The molecular weight excluding hydrogens is 233 g/mol. The fourth-order valence-electron chi connectivity index (χ4n) is 2.23. The Hall–Kier alpha value is -1.49. The van der Waals surface area contributed by atoms with Gasteiger partial charge in [-0.25, -0.2) is 0 Å². The smallest absolute Gasteiger partial charge is 0.269 e. The Morgan fingerprint density at radius 1 is 1.56 bits per heavy atom. The molecule has 0 bridgehead atoms. The van der Waals surface area contributed by atoms with E-state index >= 15 is 0 Å². The molecule has 0 fully saturated rings. The van der Waals surface area contributed by atoms with Crippen molar-refractivity contribution in [3.63, 3.8) is 0 Å². The molecule has 0 aliphatic carbocycles. The van der Waals surface area contributed by atoms with E-state index in [1.165, 1.54) is 5.56 Å². The highest BCUT2D eigenvalue weighted by Crippen LogP contribution is 2.19. The number of rotatable bonds is 4. The lowest BCUT2D eigenvalue weighted by Gasteiger charge is -2.28. The molecule has 1 N–H and O–H groups in total. The van der Waals surface area contributed by atoms with E-state index in [4.69, 9.17) is 0 Å². The summed E-state index contributed by atoms with van der Waals surface area (Å²) in [5.74, 6) is -0.155. The molecule has 2 rings (SSSR count). The second kappa shape index (κ2) is 5.91. The van der Waals surface area contributed by atoms with Crippen LogP contribution in [0, 0.1) is 0 Å². The van der Waals surface area contributed by atoms with Gasteiger partial charge < -0.3 is 5.32 Å². The predicted molar refractivity (Wildman–Crippen MR) is 67.2 cm³/mol. The Morgan fingerprint density at radius 3 is 3.11 bits per heavy atom. The number of alkyl halides is 1. The van der Waals surface area contributed by atoms with Crippen molar-refractivity contribution in [3.05, 3.63) is 29.1 Å². The zero-order valence-electron chi connectivity index (χ0n) is 10.6. The Bertz CT molecular complexity index is 436. The molecule has 0 aromatic carbocycles. The summed E-state index contributed by atoms with van der Waals surface area (Å²) in [5, 5.41) is 2.57. The van der Waals surface area contributed by atoms with E-state index in [2.05, 4.69) is 15.2 Å². The van der Waals surface area contributed by atoms with Gasteiger partial charge in [0.05, 0.1) is 6.67 Å². The molecule has 4 nitrogen and oxygen atoms in total. The second-order valence-electron chi connectivity index (χ2n) is 4.49. The number of carbonyl (C=O) groups is 1. The number of hydrogen-bond donors (Lipinski definition) is 1. The number of hydrogen-bond acceptors (Lipinski definition) is 3. The number of halogens is 1. The van der Waals surface area contributed by atoms with E-state index < -0.39 is 0 Å². The van der Waals surface area contributed by atoms with Crippen molar-refractivity contribution < 1.29 is 9.18 Å². The summed E-state index contributed by atoms with van der Waals surface area (Å²) in [6.07, 6.45) is 3.24. The molecular formula is C13H18FN3O. The standard InChI is InChI=1S/C13H18FN3O/c1-15-13(18)12-7-10-3-6-17(5-2-4-14)9-11(10)8-16-12/h7-8H,2-6,9H2,1H3,(H,15,18). The molecule has 1 aromatic rings. The van der Waals surface area contributed by atoms with Crippen LogP contribution in [0.15, 0.2) is 12.3 Å². The number of nitrogens with zero attached hydrogens (tertiary/aromatic N) is 2. The summed E-state index contributed by atoms with van der Waals surface area (Å²) >= 11 is 0. The lowest BCUT2D eigenvalue weighted by molar-refractivity contribution is 0.0958. The van der Waals surface area contributed by atoms with Crippen LogP contribution in [-0.4, -0.2) is 42.6 Å². The molecule has 1 aliphatic rings. The topological polar surface area (TPSA) is 45.2 Å². The summed E-state index contributed by atoms with van der Waals surface area (Å²) < 4.78 is 12.1. The van der Waals surface area contributed by atoms with Gasteiger partial charge in [-0.05, 0) is 30.0 Å². The van der Waals surface area contributed by atoms with Crippen molar-refractivity contribution in [1.29, 1.82) is 0 Å². The van der Waals surface area contributed by atoms with Gasteiger partial charge >= 0.3 is 0 Å². The van der Waals surface area contributed by atoms with E-state index in [0.717, 1.165) is 31.6 Å². The number of carbonyl (C=O) groups excluding carboxylic acids is 1. The van der Waals surface area contributed by atoms with Gasteiger partial charge in [-0.3, -0.25) is 19.1 Å². The number of amides is 1. The molecule has 1 aliphatic heterocycles. The molecule has 0 spiro atoms. The Labute approximate surface area is 106 Å². The highest BCUT2D eigenvalue weighted by Gasteiger charge is 2.18. The minimum atomic E-state index is -0.267. The summed E-state index contributed by atoms with van der Waals surface area (Å²) in [4.78, 5) is 17.9. The third-order valence-electron chi connectivity index (χ3n) is 3.24. The van der Waals surface area contributed by atoms with E-state index in [1.807, 2.05) is 6.07 Å². The van der Waals surface area contributed by atoms with Crippen molar-refractivity contribution in [2.24, 2.45) is 0 Å². The van der Waals surface area contributed by atoms with Crippen LogP contribution >= 0.6 is 0 Å². The van der Waals surface area contributed by atoms with Crippen LogP contribution in [0.3, 0.4) is 0 Å². The molecule has 5 heteroatoms. The average molecular weight is 251 g/mol. The maximum atomic E-state index is 12.1. The molecule has 98 valence electrons. The van der Waals surface area contributed by atoms with Crippen LogP contribution < -0.4 is 5.32 Å². The van der Waals surface area contributed by atoms with Gasteiger partial charge in [0.1, 0.15) is 5.69 Å². The van der Waals surface area contributed by atoms with Gasteiger partial charge in [0.2, 0.25) is 0 Å². The van der Waals surface area contributed by atoms with Gasteiger partial charge in [-0.1, -0.05) is 0 Å². The molecule has 2 heterocycles. The molecule has 0 atom stereocenters. The van der Waals surface area contributed by atoms with E-state index in [-0.39, 0.29) is 12.6 Å². The lowest BCUT2D eigenvalue weighted by atomic mass is 10.0. The van der Waals surface area contributed by atoms with Crippen LogP contribution in [-0.2, 0) is 13.0 Å². The summed E-state index contributed by atoms with van der Waals surface area (Å²) in [5.41, 5.74) is 2.79. The summed E-state index contributed by atoms with van der Waals surface area (Å²) in [7, 11) is 1.60. The zero-order chi connectivity index (χ0) is 13.0. The normalized spacial score (nSPS) is 15.2. The molecule has 0 radical (unpaired) electrons. The van der Waals surface area contributed by atoms with Crippen LogP contribution in [0.25, 0.3) is 0 Å². The van der Waals surface area contributed by atoms with Gasteiger partial charge in [0, 0.05) is 32.9 Å². The molecule has 1 aromatic heterocycles. The molecule has 1 amide bonds. The fourth-order valence-corrected chi connectivity index (χ4v) is 2.23. The summed E-state index contributed by atoms with van der Waals surface area (Å²) in [6, 6.07) is 1.86. The van der Waals surface area contributed by atoms with Crippen molar-refractivity contribution in [3.8, 4) is 0 Å². The fraction of sp³-hybridized carbons (Fsp3) is 0.538. The van der Waals surface area contributed by atoms with Crippen LogP contribution in [0.1, 0.15) is 28.0 Å². The lowest BCUT2D eigenvalue weighted by Crippen LogP contribution is -2.32. The number of fused-ring (bicyclic) bond motifs is 1. The number of aromatic nitrogens is 1. The summed E-state index contributed by atoms with van der Waals surface area (Å²) in [6.45, 7) is 2.24. The van der Waals surface area contributed by atoms with Gasteiger partial charge in [0.15, 0.2) is 0 Å². The quantitative estimate of drug-likeness (QED) is 0.873. The molecule has 0 unspecified atom stereocenters. The van der Waals surface area contributed by atoms with Gasteiger partial charge in [0.25, 0.3) is 5.91 Å². The van der Waals surface area contributed by atoms with E-state index in [9.17, 15) is 9.18 Å². The first kappa shape index (κ1) is 13.0. The minimum Gasteiger partial charge on any atom is -0.354 e. The average Bonchev–Trinajstić information content (AvgIpc) is 2.43. The maximum absolute atomic E-state index is 12.1. The van der Waals surface area contributed by atoms with Crippen molar-refractivity contribution in [2.75, 3.05) is 26.8 Å². The third kappa shape index (κ3) is 2.85. The van der Waals surface area contributed by atoms with Crippen LogP contribution in [0.2, 0.25) is 0 Å². The zero-order valence-corrected chi connectivity index (χ0v) is 10.6. The first-order valence-corrected chi connectivity index (χ1v) is 6.23. The van der Waals surface area contributed by atoms with Crippen LogP contribution in [0.5, 0.6) is 0 Å². The third-order valence-corrected chi connectivity index (χ3v) is 3.24. The SMILES string of the molecule is CNC(=O)c1cc2c(cn1)CN(CCCF)CC2. The Balaban J connectivity index is 2.08. The first-order valence-electron chi connectivity index (χ1n) is 6.23. The molecule has 0 saturated heterocycles. The second-order valence-corrected chi connectivity index (χ2v) is 4.49. The monoisotopic (exact) mass is 251 g/mol. The Morgan fingerprint density at radius 2 is 2.39 bits per heavy atom. The van der Waals surface area contributed by atoms with E-state index in [0.29, 0.717) is 12.1 Å². The highest BCUT2D eigenvalue weighted by molar-refractivity contribution is 5.92. The number of pyridine rings is 1. The predicted octanol–water partition coefficient (Wildman–Crippen LogP) is 1.16. The van der Waals surface area contributed by atoms with Crippen LogP contribution in [0.4, 0.5) is 4.39 Å². The van der Waals surface area contributed by atoms with Gasteiger partial charge in [-0.15, -0.1) is 0 Å². The van der Waals surface area contributed by atoms with Crippen molar-refractivity contribution in [2.45, 2.75) is 19.4 Å². The first-order chi connectivity index (χ1) is 8.74. The molecule has 18 heavy (non-hydrogen) atoms. The van der Waals surface area contributed by atoms with E-state index in [1.54, 1.807) is 13.2 Å². The highest BCUT2D eigenvalue weighted by atomic mass is 19.1. The maximum Gasteiger partial charge on any atom is 0.269 e. The van der Waals surface area contributed by atoms with Crippen molar-refractivity contribution >= 4 is 5.91 Å². The minimum absolute atomic E-state index is 0.155. The number of nitrogens with one attached hydrogen (secondary N) is 1. The largest absolute Gasteiger partial charge is 0.354 e. The van der Waals surface area contributed by atoms with Crippen molar-refractivity contribution in [1.82, 2.24) is 15.2 Å².